The van der Waals surface area contributed by atoms with Gasteiger partial charge in [0.15, 0.2) is 6.29 Å². The average molecular weight is 219 g/mol. The van der Waals surface area contributed by atoms with Gasteiger partial charge in [0.2, 0.25) is 0 Å². The highest BCUT2D eigenvalue weighted by atomic mass is 35.5. The fourth-order valence-electron chi connectivity index (χ4n) is 0.906. The van der Waals surface area contributed by atoms with Gasteiger partial charge in [-0.1, -0.05) is 17.7 Å². The summed E-state index contributed by atoms with van der Waals surface area (Å²) >= 11 is 11.2. The minimum Gasteiger partial charge on any atom is -0.492 e. The minimum atomic E-state index is 0.364. The van der Waals surface area contributed by atoms with Gasteiger partial charge in [0.05, 0.1) is 16.5 Å². The Kier molecular flexibility index (Phi) is 4.06. The molecule has 13 heavy (non-hydrogen) atoms. The number of alkyl halides is 1. The smallest absolute Gasteiger partial charge is 0.155 e. The topological polar surface area (TPSA) is 26.3 Å². The van der Waals surface area contributed by atoms with E-state index in [-0.39, 0.29) is 0 Å². The van der Waals surface area contributed by atoms with Gasteiger partial charge in [0, 0.05) is 0 Å². The molecule has 0 amide bonds. The van der Waals surface area contributed by atoms with Gasteiger partial charge in [-0.2, -0.15) is 0 Å². The highest BCUT2D eigenvalue weighted by Crippen LogP contribution is 2.24. The molecule has 1 aromatic carbocycles. The Hall–Kier alpha value is -0.730. The number of halogens is 2. The fraction of sp³-hybridized carbons (Fsp3) is 0.222. The Balaban J connectivity index is 2.91. The SMILES string of the molecule is O=Cc1c(Cl)cccc1OCCCl. The van der Waals surface area contributed by atoms with Gasteiger partial charge in [-0.05, 0) is 12.1 Å². The van der Waals surface area contributed by atoms with E-state index in [4.69, 9.17) is 27.9 Å². The molecule has 0 bridgehead atoms. The second-order valence-corrected chi connectivity index (χ2v) is 3.09. The molecular weight excluding hydrogens is 211 g/mol. The summed E-state index contributed by atoms with van der Waals surface area (Å²) in [4.78, 5) is 10.6. The molecule has 1 rings (SSSR count). The van der Waals surface area contributed by atoms with E-state index < -0.39 is 0 Å². The van der Waals surface area contributed by atoms with E-state index in [9.17, 15) is 4.79 Å². The van der Waals surface area contributed by atoms with Crippen LogP contribution in [0.25, 0.3) is 0 Å². The number of aldehydes is 1. The predicted octanol–water partition coefficient (Wildman–Crippen LogP) is 2.77. The Morgan fingerprint density at radius 3 is 2.85 bits per heavy atom. The Bertz CT molecular complexity index is 300. The summed E-state index contributed by atoms with van der Waals surface area (Å²) in [5.41, 5.74) is 0.370. The lowest BCUT2D eigenvalue weighted by Gasteiger charge is -2.06. The standard InChI is InChI=1S/C9H8Cl2O2/c10-4-5-13-9-3-1-2-8(11)7(9)6-12/h1-3,6H,4-5H2. The van der Waals surface area contributed by atoms with Crippen LogP contribution in [0.1, 0.15) is 10.4 Å². The van der Waals surface area contributed by atoms with Gasteiger partial charge < -0.3 is 4.74 Å². The first-order valence-corrected chi connectivity index (χ1v) is 4.63. The lowest BCUT2D eigenvalue weighted by molar-refractivity contribution is 0.112. The van der Waals surface area contributed by atoms with E-state index >= 15 is 0 Å². The molecule has 1 aromatic rings. The second-order valence-electron chi connectivity index (χ2n) is 2.31. The lowest BCUT2D eigenvalue weighted by atomic mass is 10.2. The molecule has 0 aliphatic heterocycles. The van der Waals surface area contributed by atoms with Crippen molar-refractivity contribution in [2.45, 2.75) is 0 Å². The molecule has 0 N–H and O–H groups in total. The van der Waals surface area contributed by atoms with Crippen molar-refractivity contribution >= 4 is 29.5 Å². The maximum absolute atomic E-state index is 10.6. The van der Waals surface area contributed by atoms with E-state index in [1.54, 1.807) is 18.2 Å². The van der Waals surface area contributed by atoms with Crippen LogP contribution in [0.15, 0.2) is 18.2 Å². The quantitative estimate of drug-likeness (QED) is 0.574. The zero-order valence-electron chi connectivity index (χ0n) is 6.80. The third-order valence-electron chi connectivity index (χ3n) is 1.47. The molecule has 0 aromatic heterocycles. The van der Waals surface area contributed by atoms with Crippen molar-refractivity contribution in [2.75, 3.05) is 12.5 Å². The average Bonchev–Trinajstić information content (AvgIpc) is 2.15. The first-order chi connectivity index (χ1) is 6.29. The third-order valence-corrected chi connectivity index (χ3v) is 1.95. The molecule has 0 spiro atoms. The van der Waals surface area contributed by atoms with Crippen molar-refractivity contribution in [3.05, 3.63) is 28.8 Å². The van der Waals surface area contributed by atoms with Crippen LogP contribution >= 0.6 is 23.2 Å². The molecule has 0 unspecified atom stereocenters. The molecule has 0 atom stereocenters. The number of carbonyl (C=O) groups is 1. The van der Waals surface area contributed by atoms with Gasteiger partial charge in [-0.3, -0.25) is 4.79 Å². The monoisotopic (exact) mass is 218 g/mol. The highest BCUT2D eigenvalue weighted by Gasteiger charge is 2.05. The van der Waals surface area contributed by atoms with Crippen LogP contribution in [0.4, 0.5) is 0 Å². The van der Waals surface area contributed by atoms with Crippen molar-refractivity contribution in [1.82, 2.24) is 0 Å². The summed E-state index contributed by atoms with van der Waals surface area (Å²) in [7, 11) is 0. The second kappa shape index (κ2) is 5.10. The molecule has 0 saturated heterocycles. The molecule has 0 aliphatic carbocycles. The number of benzene rings is 1. The van der Waals surface area contributed by atoms with E-state index in [0.717, 1.165) is 0 Å². The van der Waals surface area contributed by atoms with Crippen LogP contribution in [0, 0.1) is 0 Å². The van der Waals surface area contributed by atoms with Gasteiger partial charge in [-0.25, -0.2) is 0 Å². The van der Waals surface area contributed by atoms with Gasteiger partial charge in [0.1, 0.15) is 12.4 Å². The molecule has 4 heteroatoms. The van der Waals surface area contributed by atoms with E-state index in [0.29, 0.717) is 35.1 Å². The third kappa shape index (κ3) is 2.61. The molecule has 0 saturated carbocycles. The highest BCUT2D eigenvalue weighted by molar-refractivity contribution is 6.33. The molecule has 70 valence electrons. The minimum absolute atomic E-state index is 0.364. The summed E-state index contributed by atoms with van der Waals surface area (Å²) in [5, 5.41) is 0.391. The Morgan fingerprint density at radius 2 is 2.23 bits per heavy atom. The Morgan fingerprint density at radius 1 is 1.46 bits per heavy atom. The first kappa shape index (κ1) is 10.4. The normalized spacial score (nSPS) is 9.69. The van der Waals surface area contributed by atoms with Crippen molar-refractivity contribution in [3.8, 4) is 5.75 Å². The fourth-order valence-corrected chi connectivity index (χ4v) is 1.19. The van der Waals surface area contributed by atoms with Crippen molar-refractivity contribution in [3.63, 3.8) is 0 Å². The molecule has 2 nitrogen and oxygen atoms in total. The van der Waals surface area contributed by atoms with E-state index in [1.807, 2.05) is 0 Å². The summed E-state index contributed by atoms with van der Waals surface area (Å²) in [5.74, 6) is 0.855. The van der Waals surface area contributed by atoms with Gasteiger partial charge in [-0.15, -0.1) is 11.6 Å². The van der Waals surface area contributed by atoms with Crippen LogP contribution in [-0.2, 0) is 0 Å². The summed E-state index contributed by atoms with van der Waals surface area (Å²) in [6.07, 6.45) is 0.673. The maximum Gasteiger partial charge on any atom is 0.155 e. The van der Waals surface area contributed by atoms with E-state index in [1.165, 1.54) is 0 Å². The van der Waals surface area contributed by atoms with Crippen molar-refractivity contribution in [2.24, 2.45) is 0 Å². The molecule has 0 heterocycles. The molecule has 0 fully saturated rings. The van der Waals surface area contributed by atoms with Crippen LogP contribution in [0.3, 0.4) is 0 Å². The number of carbonyl (C=O) groups excluding carboxylic acids is 1. The van der Waals surface area contributed by atoms with Crippen molar-refractivity contribution in [1.29, 1.82) is 0 Å². The van der Waals surface area contributed by atoms with Crippen molar-refractivity contribution < 1.29 is 9.53 Å². The lowest BCUT2D eigenvalue weighted by Crippen LogP contribution is -2.00. The molecular formula is C9H8Cl2O2. The zero-order chi connectivity index (χ0) is 9.68. The molecule has 0 radical (unpaired) electrons. The Labute approximate surface area is 86.4 Å². The van der Waals surface area contributed by atoms with Crippen LogP contribution < -0.4 is 4.74 Å². The number of hydrogen-bond donors (Lipinski definition) is 0. The number of ether oxygens (including phenoxy) is 1. The molecule has 0 aliphatic rings. The first-order valence-electron chi connectivity index (χ1n) is 3.72. The van der Waals surface area contributed by atoms with Crippen LogP contribution in [-0.4, -0.2) is 18.8 Å². The number of hydrogen-bond acceptors (Lipinski definition) is 2. The van der Waals surface area contributed by atoms with Crippen LogP contribution in [0.5, 0.6) is 5.75 Å². The largest absolute Gasteiger partial charge is 0.492 e. The van der Waals surface area contributed by atoms with Gasteiger partial charge in [0.25, 0.3) is 0 Å². The summed E-state index contributed by atoms with van der Waals surface area (Å²) in [6, 6.07) is 5.04. The van der Waals surface area contributed by atoms with E-state index in [2.05, 4.69) is 0 Å². The predicted molar refractivity (Wildman–Crippen MR) is 53.1 cm³/mol. The number of rotatable bonds is 4. The maximum atomic E-state index is 10.6. The summed E-state index contributed by atoms with van der Waals surface area (Å²) in [6.45, 7) is 0.364. The summed E-state index contributed by atoms with van der Waals surface area (Å²) < 4.78 is 5.21. The van der Waals surface area contributed by atoms with Gasteiger partial charge >= 0.3 is 0 Å². The van der Waals surface area contributed by atoms with Crippen LogP contribution in [0.2, 0.25) is 5.02 Å². The zero-order valence-corrected chi connectivity index (χ0v) is 8.31.